The molecule has 2 aromatic carbocycles. The minimum atomic E-state index is -1.69. The van der Waals surface area contributed by atoms with Crippen molar-refractivity contribution in [3.05, 3.63) is 41.5 Å². The van der Waals surface area contributed by atoms with Gasteiger partial charge in [-0.1, -0.05) is 6.07 Å². The SMILES string of the molecule is O=C1c2c(O)cc(O)cc2O[C@@H](c2ccc(O)c(O)c2)[C@H]1O[C@@H]1OC[C@H](O)[C@H](O)[C@H]1O. The van der Waals surface area contributed by atoms with E-state index in [2.05, 4.69) is 0 Å². The third-order valence-electron chi connectivity index (χ3n) is 5.16. The second kappa shape index (κ2) is 7.87. The molecular formula is C20H20O11. The number of benzene rings is 2. The Labute approximate surface area is 174 Å². The van der Waals surface area contributed by atoms with Gasteiger partial charge >= 0.3 is 0 Å². The Morgan fingerprint density at radius 2 is 1.65 bits per heavy atom. The molecule has 1 fully saturated rings. The molecule has 0 radical (unpaired) electrons. The summed E-state index contributed by atoms with van der Waals surface area (Å²) in [5, 5.41) is 69.0. The number of aliphatic hydroxyl groups excluding tert-OH is 3. The topological polar surface area (TPSA) is 186 Å². The van der Waals surface area contributed by atoms with Crippen molar-refractivity contribution in [2.45, 2.75) is 36.8 Å². The van der Waals surface area contributed by atoms with Gasteiger partial charge in [-0.05, 0) is 17.7 Å². The number of phenolic OH excluding ortho intramolecular Hbond substituents is 4. The Morgan fingerprint density at radius 1 is 0.903 bits per heavy atom. The maximum Gasteiger partial charge on any atom is 0.203 e. The van der Waals surface area contributed by atoms with E-state index >= 15 is 0 Å². The Bertz CT molecular complexity index is 1010. The zero-order valence-corrected chi connectivity index (χ0v) is 15.8. The van der Waals surface area contributed by atoms with Crippen molar-refractivity contribution in [1.82, 2.24) is 0 Å². The first kappa shape index (κ1) is 21.2. The standard InChI is InChI=1S/C20H20O11/c21-8-4-11(24)14-13(5-8)30-18(7-1-2-9(22)10(23)3-7)19(16(14)27)31-20-17(28)15(26)12(25)6-29-20/h1-5,12,15,17-26,28H,6H2/t12-,15-,17+,18-,19-,20-/m0/s1. The molecule has 2 aromatic rings. The van der Waals surface area contributed by atoms with Gasteiger partial charge in [0.2, 0.25) is 5.78 Å². The molecule has 1 saturated heterocycles. The van der Waals surface area contributed by atoms with Gasteiger partial charge in [0.05, 0.1) is 6.61 Å². The molecule has 0 amide bonds. The lowest BCUT2D eigenvalue weighted by atomic mass is 9.92. The van der Waals surface area contributed by atoms with Crippen LogP contribution in [0.4, 0.5) is 0 Å². The van der Waals surface area contributed by atoms with E-state index in [4.69, 9.17) is 14.2 Å². The Balaban J connectivity index is 1.74. The molecular weight excluding hydrogens is 416 g/mol. The van der Waals surface area contributed by atoms with Crippen LogP contribution in [0.3, 0.4) is 0 Å². The van der Waals surface area contributed by atoms with E-state index in [0.29, 0.717) is 0 Å². The van der Waals surface area contributed by atoms with Crippen LogP contribution in [-0.2, 0) is 9.47 Å². The van der Waals surface area contributed by atoms with Crippen LogP contribution in [-0.4, -0.2) is 78.8 Å². The normalized spacial score (nSPS) is 30.5. The van der Waals surface area contributed by atoms with Crippen molar-refractivity contribution in [2.24, 2.45) is 0 Å². The van der Waals surface area contributed by atoms with Crippen LogP contribution < -0.4 is 4.74 Å². The van der Waals surface area contributed by atoms with Crippen molar-refractivity contribution >= 4 is 5.78 Å². The summed E-state index contributed by atoms with van der Waals surface area (Å²) in [6.45, 7) is -0.370. The largest absolute Gasteiger partial charge is 0.508 e. The molecule has 2 aliphatic heterocycles. The fourth-order valence-corrected chi connectivity index (χ4v) is 3.54. The number of phenols is 4. The summed E-state index contributed by atoms with van der Waals surface area (Å²) in [6.07, 6.45) is -8.95. The molecule has 31 heavy (non-hydrogen) atoms. The van der Waals surface area contributed by atoms with Crippen LogP contribution >= 0.6 is 0 Å². The van der Waals surface area contributed by atoms with Gasteiger partial charge in [0, 0.05) is 12.1 Å². The van der Waals surface area contributed by atoms with Crippen molar-refractivity contribution < 1.29 is 54.8 Å². The number of Topliss-reactive ketones (excluding diaryl/α,β-unsaturated/α-hetero) is 1. The summed E-state index contributed by atoms with van der Waals surface area (Å²) in [7, 11) is 0. The number of hydrogen-bond donors (Lipinski definition) is 7. The van der Waals surface area contributed by atoms with E-state index in [1.54, 1.807) is 0 Å². The van der Waals surface area contributed by atoms with Crippen molar-refractivity contribution in [1.29, 1.82) is 0 Å². The first-order valence-electron chi connectivity index (χ1n) is 9.27. The minimum absolute atomic E-state index is 0.152. The summed E-state index contributed by atoms with van der Waals surface area (Å²) < 4.78 is 16.6. The van der Waals surface area contributed by atoms with Crippen LogP contribution in [0.15, 0.2) is 30.3 Å². The molecule has 166 valence electrons. The Morgan fingerprint density at radius 3 is 2.35 bits per heavy atom. The number of carbonyl (C=O) groups is 1. The van der Waals surface area contributed by atoms with Crippen LogP contribution in [0, 0.1) is 0 Å². The zero-order valence-electron chi connectivity index (χ0n) is 15.8. The van der Waals surface area contributed by atoms with Gasteiger partial charge in [-0.2, -0.15) is 0 Å². The number of aromatic hydroxyl groups is 4. The Hall–Kier alpha value is -3.09. The van der Waals surface area contributed by atoms with Gasteiger partial charge in [-0.25, -0.2) is 0 Å². The van der Waals surface area contributed by atoms with Gasteiger partial charge in [0.1, 0.15) is 41.1 Å². The quantitative estimate of drug-likeness (QED) is 0.312. The van der Waals surface area contributed by atoms with Crippen molar-refractivity contribution in [3.63, 3.8) is 0 Å². The minimum Gasteiger partial charge on any atom is -0.508 e. The van der Waals surface area contributed by atoms with E-state index < -0.39 is 59.8 Å². The average Bonchev–Trinajstić information content (AvgIpc) is 2.71. The lowest BCUT2D eigenvalue weighted by Crippen LogP contribution is -2.56. The smallest absolute Gasteiger partial charge is 0.203 e. The summed E-state index contributed by atoms with van der Waals surface area (Å²) in [6, 6.07) is 5.71. The average molecular weight is 436 g/mol. The Kier molecular flexibility index (Phi) is 5.37. The van der Waals surface area contributed by atoms with Gasteiger partial charge in [0.15, 0.2) is 30.0 Å². The summed E-state index contributed by atoms with van der Waals surface area (Å²) >= 11 is 0. The summed E-state index contributed by atoms with van der Waals surface area (Å²) in [5.74, 6) is -2.78. The van der Waals surface area contributed by atoms with E-state index in [0.717, 1.165) is 24.3 Å². The van der Waals surface area contributed by atoms with Gasteiger partial charge in [-0.15, -0.1) is 0 Å². The number of fused-ring (bicyclic) bond motifs is 1. The van der Waals surface area contributed by atoms with Crippen LogP contribution in [0.5, 0.6) is 28.7 Å². The van der Waals surface area contributed by atoms with Crippen LogP contribution in [0.2, 0.25) is 0 Å². The maximum atomic E-state index is 13.2. The van der Waals surface area contributed by atoms with Gasteiger partial charge in [0.25, 0.3) is 0 Å². The fourth-order valence-electron chi connectivity index (χ4n) is 3.54. The van der Waals surface area contributed by atoms with Crippen LogP contribution in [0.1, 0.15) is 22.0 Å². The van der Waals surface area contributed by atoms with E-state index in [9.17, 15) is 40.5 Å². The molecule has 0 spiro atoms. The number of carbonyl (C=O) groups excluding carboxylic acids is 1. The van der Waals surface area contributed by atoms with Crippen molar-refractivity contribution in [3.8, 4) is 28.7 Å². The van der Waals surface area contributed by atoms with E-state index in [1.165, 1.54) is 6.07 Å². The molecule has 2 heterocycles. The predicted molar refractivity (Wildman–Crippen MR) is 99.9 cm³/mol. The van der Waals surface area contributed by atoms with Crippen LogP contribution in [0.25, 0.3) is 0 Å². The molecule has 2 aliphatic rings. The van der Waals surface area contributed by atoms with Gasteiger partial charge in [-0.3, -0.25) is 4.79 Å². The lowest BCUT2D eigenvalue weighted by Gasteiger charge is -2.39. The molecule has 11 nitrogen and oxygen atoms in total. The highest BCUT2D eigenvalue weighted by Crippen LogP contribution is 2.44. The number of rotatable bonds is 3. The molecule has 0 bridgehead atoms. The second-order valence-electron chi connectivity index (χ2n) is 7.30. The number of ether oxygens (including phenoxy) is 3. The first-order chi connectivity index (χ1) is 14.7. The third-order valence-corrected chi connectivity index (χ3v) is 5.16. The monoisotopic (exact) mass is 436 g/mol. The second-order valence-corrected chi connectivity index (χ2v) is 7.30. The fraction of sp³-hybridized carbons (Fsp3) is 0.350. The highest BCUT2D eigenvalue weighted by molar-refractivity contribution is 6.05. The number of hydrogen-bond acceptors (Lipinski definition) is 11. The maximum absolute atomic E-state index is 13.2. The molecule has 6 atom stereocenters. The number of aliphatic hydroxyl groups is 3. The van der Waals surface area contributed by atoms with E-state index in [1.807, 2.05) is 0 Å². The number of ketones is 1. The summed E-state index contributed by atoms with van der Waals surface area (Å²) in [4.78, 5) is 13.2. The predicted octanol–water partition coefficient (Wildman–Crippen LogP) is -0.350. The first-order valence-corrected chi connectivity index (χ1v) is 9.27. The highest BCUT2D eigenvalue weighted by Gasteiger charge is 2.46. The highest BCUT2D eigenvalue weighted by atomic mass is 16.7. The van der Waals surface area contributed by atoms with E-state index in [-0.39, 0.29) is 29.2 Å². The van der Waals surface area contributed by atoms with Crippen molar-refractivity contribution in [2.75, 3.05) is 6.61 Å². The molecule has 7 N–H and O–H groups in total. The third kappa shape index (κ3) is 3.73. The lowest BCUT2D eigenvalue weighted by molar-refractivity contribution is -0.283. The summed E-state index contributed by atoms with van der Waals surface area (Å²) in [5.41, 5.74) is -0.0963. The zero-order chi connectivity index (χ0) is 22.4. The molecule has 0 unspecified atom stereocenters. The molecule has 11 heteroatoms. The molecule has 0 aromatic heterocycles. The van der Waals surface area contributed by atoms with Gasteiger partial charge < -0.3 is 50.0 Å². The molecule has 4 rings (SSSR count). The molecule has 0 saturated carbocycles. The molecule has 0 aliphatic carbocycles.